The Balaban J connectivity index is 2.07. The third kappa shape index (κ3) is 3.12. The first-order valence-electron chi connectivity index (χ1n) is 7.24. The lowest BCUT2D eigenvalue weighted by molar-refractivity contribution is -0.125. The van der Waals surface area contributed by atoms with E-state index < -0.39 is 8.32 Å². The van der Waals surface area contributed by atoms with Crippen molar-refractivity contribution in [1.29, 1.82) is 0 Å². The highest BCUT2D eigenvalue weighted by atomic mass is 28.4. The number of nitrogens with one attached hydrogen (secondary N) is 1. The molecule has 4 heteroatoms. The van der Waals surface area contributed by atoms with Crippen LogP contribution in [0, 0.1) is 0 Å². The van der Waals surface area contributed by atoms with E-state index in [1.807, 2.05) is 18.2 Å². The largest absolute Gasteiger partial charge is 0.405 e. The van der Waals surface area contributed by atoms with E-state index >= 15 is 0 Å². The third-order valence-corrected chi connectivity index (χ3v) is 8.99. The summed E-state index contributed by atoms with van der Waals surface area (Å²) in [5.74, 6) is 0.0312. The van der Waals surface area contributed by atoms with Gasteiger partial charge in [0.2, 0.25) is 5.91 Å². The van der Waals surface area contributed by atoms with Crippen LogP contribution in [-0.4, -0.2) is 20.3 Å². The number of benzene rings is 1. The average molecular weight is 291 g/mol. The van der Waals surface area contributed by atoms with Gasteiger partial charge >= 0.3 is 0 Å². The molecule has 0 bridgehead atoms. The highest BCUT2D eigenvalue weighted by Gasteiger charge is 2.43. The van der Waals surface area contributed by atoms with Crippen molar-refractivity contribution in [3.8, 4) is 0 Å². The molecule has 1 aliphatic rings. The van der Waals surface area contributed by atoms with Gasteiger partial charge in [-0.3, -0.25) is 4.79 Å². The second-order valence-corrected chi connectivity index (χ2v) is 11.8. The molecule has 0 aromatic heterocycles. The SMILES string of the molecule is CC(C)(C)[Si](C)(C)O[C@@H]1C[C@@H](c2ccccc2)NC1=O. The topological polar surface area (TPSA) is 38.3 Å². The number of hydrogen-bond acceptors (Lipinski definition) is 2. The van der Waals surface area contributed by atoms with Gasteiger partial charge in [0.05, 0.1) is 6.04 Å². The Bertz CT molecular complexity index is 479. The van der Waals surface area contributed by atoms with Gasteiger partial charge in [0.25, 0.3) is 0 Å². The molecule has 110 valence electrons. The van der Waals surface area contributed by atoms with E-state index in [1.54, 1.807) is 0 Å². The van der Waals surface area contributed by atoms with Crippen molar-refractivity contribution in [3.05, 3.63) is 35.9 Å². The van der Waals surface area contributed by atoms with Crippen LogP contribution < -0.4 is 5.32 Å². The zero-order valence-corrected chi connectivity index (χ0v) is 14.1. The zero-order chi connectivity index (χ0) is 15.0. The van der Waals surface area contributed by atoms with E-state index in [0.29, 0.717) is 0 Å². The monoisotopic (exact) mass is 291 g/mol. The van der Waals surface area contributed by atoms with Gasteiger partial charge in [-0.05, 0) is 23.7 Å². The van der Waals surface area contributed by atoms with Gasteiger partial charge in [0.1, 0.15) is 6.10 Å². The molecule has 1 saturated heterocycles. The van der Waals surface area contributed by atoms with Crippen molar-refractivity contribution in [1.82, 2.24) is 5.32 Å². The fourth-order valence-corrected chi connectivity index (χ4v) is 3.45. The lowest BCUT2D eigenvalue weighted by atomic mass is 10.1. The minimum atomic E-state index is -1.90. The van der Waals surface area contributed by atoms with Gasteiger partial charge in [-0.1, -0.05) is 51.1 Å². The molecule has 0 aliphatic carbocycles. The zero-order valence-electron chi connectivity index (χ0n) is 13.1. The molecule has 1 amide bonds. The fraction of sp³-hybridized carbons (Fsp3) is 0.562. The summed E-state index contributed by atoms with van der Waals surface area (Å²) in [6.07, 6.45) is 0.427. The second-order valence-electron chi connectivity index (χ2n) is 7.07. The van der Waals surface area contributed by atoms with Crippen LogP contribution >= 0.6 is 0 Å². The van der Waals surface area contributed by atoms with Crippen molar-refractivity contribution >= 4 is 14.2 Å². The maximum Gasteiger partial charge on any atom is 0.248 e. The van der Waals surface area contributed by atoms with Gasteiger partial charge in [-0.15, -0.1) is 0 Å². The standard InChI is InChI=1S/C16H25NO2Si/c1-16(2,3)20(4,5)19-14-11-13(17-15(14)18)12-9-7-6-8-10-12/h6-10,13-14H,11H2,1-5H3,(H,17,18)/t13-,14+/m0/s1. The summed E-state index contributed by atoms with van der Waals surface area (Å²) in [5.41, 5.74) is 1.15. The summed E-state index contributed by atoms with van der Waals surface area (Å²) in [6, 6.07) is 10.2. The molecule has 1 heterocycles. The lowest BCUT2D eigenvalue weighted by Crippen LogP contribution is -2.45. The Kier molecular flexibility index (Phi) is 4.07. The Morgan fingerprint density at radius 2 is 1.80 bits per heavy atom. The van der Waals surface area contributed by atoms with Gasteiger partial charge < -0.3 is 9.74 Å². The molecule has 2 atom stereocenters. The molecule has 1 aromatic rings. The molecule has 2 rings (SSSR count). The molecular weight excluding hydrogens is 266 g/mol. The van der Waals surface area contributed by atoms with Crippen LogP contribution in [0.25, 0.3) is 0 Å². The number of amides is 1. The van der Waals surface area contributed by atoms with Crippen molar-refractivity contribution in [2.75, 3.05) is 0 Å². The molecule has 0 radical (unpaired) electrons. The molecule has 0 spiro atoms. The molecule has 1 fully saturated rings. The summed E-state index contributed by atoms with van der Waals surface area (Å²) < 4.78 is 6.25. The fourth-order valence-electron chi connectivity index (χ4n) is 2.18. The van der Waals surface area contributed by atoms with Gasteiger partial charge in [0, 0.05) is 6.42 Å². The Labute approximate surface area is 122 Å². The first-order valence-corrected chi connectivity index (χ1v) is 10.1. The van der Waals surface area contributed by atoms with E-state index in [4.69, 9.17) is 4.43 Å². The molecule has 3 nitrogen and oxygen atoms in total. The van der Waals surface area contributed by atoms with E-state index in [0.717, 1.165) is 12.0 Å². The molecular formula is C16H25NO2Si. The van der Waals surface area contributed by atoms with Crippen molar-refractivity contribution in [2.24, 2.45) is 0 Å². The average Bonchev–Trinajstić information content (AvgIpc) is 2.70. The number of carbonyl (C=O) groups is 1. The maximum absolute atomic E-state index is 12.1. The van der Waals surface area contributed by atoms with Crippen LogP contribution in [0.4, 0.5) is 0 Å². The first kappa shape index (κ1) is 15.3. The van der Waals surface area contributed by atoms with Crippen molar-refractivity contribution in [2.45, 2.75) is 57.5 Å². The highest BCUT2D eigenvalue weighted by Crippen LogP contribution is 2.39. The van der Waals surface area contributed by atoms with Crippen LogP contribution in [0.1, 0.15) is 38.8 Å². The van der Waals surface area contributed by atoms with Gasteiger partial charge in [0.15, 0.2) is 8.32 Å². The summed E-state index contributed by atoms with van der Waals surface area (Å²) in [5, 5.41) is 3.18. The van der Waals surface area contributed by atoms with Crippen molar-refractivity contribution in [3.63, 3.8) is 0 Å². The number of carbonyl (C=O) groups excluding carboxylic acids is 1. The van der Waals surface area contributed by atoms with E-state index in [2.05, 4.69) is 51.3 Å². The third-order valence-electron chi connectivity index (χ3n) is 4.50. The number of rotatable bonds is 3. The molecule has 1 N–H and O–H groups in total. The smallest absolute Gasteiger partial charge is 0.248 e. The second kappa shape index (κ2) is 5.33. The maximum atomic E-state index is 12.1. The lowest BCUT2D eigenvalue weighted by Gasteiger charge is -2.37. The molecule has 0 saturated carbocycles. The van der Waals surface area contributed by atoms with Crippen LogP contribution in [0.5, 0.6) is 0 Å². The van der Waals surface area contributed by atoms with Gasteiger partial charge in [-0.2, -0.15) is 0 Å². The van der Waals surface area contributed by atoms with E-state index in [1.165, 1.54) is 0 Å². The summed E-state index contributed by atoms with van der Waals surface area (Å²) in [6.45, 7) is 11.0. The predicted octanol–water partition coefficient (Wildman–Crippen LogP) is 3.64. The normalized spacial score (nSPS) is 23.8. The van der Waals surface area contributed by atoms with Crippen LogP contribution in [0.2, 0.25) is 18.1 Å². The van der Waals surface area contributed by atoms with Crippen LogP contribution in [0.3, 0.4) is 0 Å². The minimum absolute atomic E-state index is 0.0312. The number of hydrogen-bond donors (Lipinski definition) is 1. The summed E-state index contributed by atoms with van der Waals surface area (Å²) in [7, 11) is -1.90. The predicted molar refractivity (Wildman–Crippen MR) is 84.0 cm³/mol. The van der Waals surface area contributed by atoms with E-state index in [9.17, 15) is 4.79 Å². The van der Waals surface area contributed by atoms with E-state index in [-0.39, 0.29) is 23.1 Å². The van der Waals surface area contributed by atoms with Crippen LogP contribution in [0.15, 0.2) is 30.3 Å². The Morgan fingerprint density at radius 3 is 2.35 bits per heavy atom. The first-order chi connectivity index (χ1) is 9.21. The Morgan fingerprint density at radius 1 is 1.20 bits per heavy atom. The van der Waals surface area contributed by atoms with Gasteiger partial charge in [-0.25, -0.2) is 0 Å². The Hall–Kier alpha value is -1.13. The molecule has 0 unspecified atom stereocenters. The quantitative estimate of drug-likeness (QED) is 0.864. The molecule has 1 aromatic carbocycles. The van der Waals surface area contributed by atoms with Crippen LogP contribution in [-0.2, 0) is 9.22 Å². The highest BCUT2D eigenvalue weighted by molar-refractivity contribution is 6.74. The minimum Gasteiger partial charge on any atom is -0.405 e. The summed E-state index contributed by atoms with van der Waals surface area (Å²) in [4.78, 5) is 12.1. The molecule has 20 heavy (non-hydrogen) atoms. The summed E-state index contributed by atoms with van der Waals surface area (Å²) >= 11 is 0. The molecule has 1 aliphatic heterocycles. The van der Waals surface area contributed by atoms with Crippen molar-refractivity contribution < 1.29 is 9.22 Å².